The van der Waals surface area contributed by atoms with E-state index in [1.165, 1.54) is 12.1 Å². The Kier molecular flexibility index (Phi) is 2.92. The van der Waals surface area contributed by atoms with E-state index in [1.54, 1.807) is 18.5 Å². The van der Waals surface area contributed by atoms with Crippen LogP contribution in [0.2, 0.25) is 0 Å². The molecule has 5 heteroatoms. The van der Waals surface area contributed by atoms with E-state index in [2.05, 4.69) is 10.3 Å². The third kappa shape index (κ3) is 1.97. The molecule has 0 spiro atoms. The Morgan fingerprint density at radius 1 is 1.18 bits per heavy atom. The first-order chi connectivity index (χ1) is 10.7. The van der Waals surface area contributed by atoms with Crippen LogP contribution in [0, 0.1) is 5.82 Å². The summed E-state index contributed by atoms with van der Waals surface area (Å²) in [7, 11) is 0. The third-order valence-electron chi connectivity index (χ3n) is 4.03. The zero-order chi connectivity index (χ0) is 15.1. The van der Waals surface area contributed by atoms with E-state index in [9.17, 15) is 9.18 Å². The number of aromatic nitrogens is 2. The van der Waals surface area contributed by atoms with Crippen LogP contribution in [0.3, 0.4) is 0 Å². The highest BCUT2D eigenvalue weighted by Gasteiger charge is 2.21. The van der Waals surface area contributed by atoms with Gasteiger partial charge in [-0.05, 0) is 42.3 Å². The number of rotatable bonds is 1. The Morgan fingerprint density at radius 2 is 2.00 bits per heavy atom. The Balaban J connectivity index is 2.06. The third-order valence-corrected chi connectivity index (χ3v) is 4.03. The molecule has 1 aromatic carbocycles. The van der Waals surface area contributed by atoms with Gasteiger partial charge in [0.05, 0.1) is 5.52 Å². The molecule has 3 aromatic rings. The summed E-state index contributed by atoms with van der Waals surface area (Å²) in [5.74, 6) is -0.407. The maximum absolute atomic E-state index is 14.0. The fourth-order valence-corrected chi connectivity index (χ4v) is 3.08. The average molecular weight is 295 g/mol. The number of pyridine rings is 1. The van der Waals surface area contributed by atoms with Crippen molar-refractivity contribution in [3.8, 4) is 11.1 Å². The molecule has 4 rings (SSSR count). The summed E-state index contributed by atoms with van der Waals surface area (Å²) in [5.41, 5.74) is 3.18. The number of benzene rings is 1. The maximum atomic E-state index is 14.0. The first-order valence-corrected chi connectivity index (χ1v) is 7.25. The average Bonchev–Trinajstić information content (AvgIpc) is 2.80. The zero-order valence-corrected chi connectivity index (χ0v) is 11.8. The molecule has 0 bridgehead atoms. The minimum absolute atomic E-state index is 0.102. The normalized spacial score (nSPS) is 14.5. The molecule has 22 heavy (non-hydrogen) atoms. The van der Waals surface area contributed by atoms with Gasteiger partial charge in [0.2, 0.25) is 0 Å². The molecule has 1 aliphatic heterocycles. The minimum atomic E-state index is -0.305. The monoisotopic (exact) mass is 295 g/mol. The quantitative estimate of drug-likeness (QED) is 0.750. The number of aryl methyl sites for hydroxylation is 1. The highest BCUT2D eigenvalue weighted by molar-refractivity contribution is 6.03. The van der Waals surface area contributed by atoms with Gasteiger partial charge < -0.3 is 9.88 Å². The summed E-state index contributed by atoms with van der Waals surface area (Å²) >= 11 is 0. The molecule has 0 atom stereocenters. The second kappa shape index (κ2) is 4.94. The van der Waals surface area contributed by atoms with Gasteiger partial charge in [-0.1, -0.05) is 0 Å². The molecule has 0 saturated heterocycles. The highest BCUT2D eigenvalue weighted by atomic mass is 19.1. The van der Waals surface area contributed by atoms with Crippen molar-refractivity contribution in [3.63, 3.8) is 0 Å². The van der Waals surface area contributed by atoms with Gasteiger partial charge >= 0.3 is 0 Å². The van der Waals surface area contributed by atoms with E-state index in [4.69, 9.17) is 0 Å². The molecule has 0 aliphatic carbocycles. The number of fused-ring (bicyclic) bond motifs is 3. The van der Waals surface area contributed by atoms with Crippen LogP contribution in [0.5, 0.6) is 0 Å². The Labute approximate surface area is 126 Å². The van der Waals surface area contributed by atoms with E-state index in [1.807, 2.05) is 16.7 Å². The minimum Gasteiger partial charge on any atom is -0.351 e. The molecule has 1 aliphatic rings. The molecule has 3 heterocycles. The van der Waals surface area contributed by atoms with Crippen molar-refractivity contribution in [2.45, 2.75) is 13.0 Å². The first kappa shape index (κ1) is 13.0. The van der Waals surface area contributed by atoms with Crippen LogP contribution in [0.4, 0.5) is 4.39 Å². The van der Waals surface area contributed by atoms with Crippen LogP contribution in [0.15, 0.2) is 42.7 Å². The van der Waals surface area contributed by atoms with E-state index in [0.717, 1.165) is 35.0 Å². The summed E-state index contributed by atoms with van der Waals surface area (Å²) in [6, 6.07) is 8.47. The maximum Gasteiger partial charge on any atom is 0.267 e. The van der Waals surface area contributed by atoms with Gasteiger partial charge in [0, 0.05) is 36.4 Å². The molecule has 0 fully saturated rings. The van der Waals surface area contributed by atoms with Gasteiger partial charge in [0.25, 0.3) is 5.91 Å². The summed E-state index contributed by atoms with van der Waals surface area (Å²) in [4.78, 5) is 16.2. The molecule has 0 saturated carbocycles. The molecule has 2 aromatic heterocycles. The lowest BCUT2D eigenvalue weighted by Crippen LogP contribution is -2.22. The number of hydrogen-bond donors (Lipinski definition) is 1. The van der Waals surface area contributed by atoms with E-state index in [-0.39, 0.29) is 11.7 Å². The van der Waals surface area contributed by atoms with Gasteiger partial charge in [-0.15, -0.1) is 0 Å². The van der Waals surface area contributed by atoms with Gasteiger partial charge in [0.1, 0.15) is 11.5 Å². The molecule has 0 unspecified atom stereocenters. The van der Waals surface area contributed by atoms with Crippen LogP contribution in [0.25, 0.3) is 22.0 Å². The van der Waals surface area contributed by atoms with Gasteiger partial charge in [-0.3, -0.25) is 9.78 Å². The summed E-state index contributed by atoms with van der Waals surface area (Å²) in [6.07, 6.45) is 4.23. The molecule has 4 nitrogen and oxygen atoms in total. The van der Waals surface area contributed by atoms with Gasteiger partial charge in [-0.2, -0.15) is 0 Å². The van der Waals surface area contributed by atoms with E-state index >= 15 is 0 Å². The number of carbonyl (C=O) groups is 1. The number of nitrogens with one attached hydrogen (secondary N) is 1. The topological polar surface area (TPSA) is 46.9 Å². The second-order valence-corrected chi connectivity index (χ2v) is 5.42. The van der Waals surface area contributed by atoms with Crippen molar-refractivity contribution in [2.75, 3.05) is 6.54 Å². The smallest absolute Gasteiger partial charge is 0.267 e. The van der Waals surface area contributed by atoms with Crippen LogP contribution < -0.4 is 5.32 Å². The van der Waals surface area contributed by atoms with Crippen molar-refractivity contribution in [2.24, 2.45) is 0 Å². The lowest BCUT2D eigenvalue weighted by Gasteiger charge is -2.10. The summed E-state index contributed by atoms with van der Waals surface area (Å²) in [5, 5.41) is 3.62. The Morgan fingerprint density at radius 3 is 2.82 bits per heavy atom. The van der Waals surface area contributed by atoms with Gasteiger partial charge in [0.15, 0.2) is 0 Å². The Hall–Kier alpha value is -2.69. The van der Waals surface area contributed by atoms with Crippen molar-refractivity contribution < 1.29 is 9.18 Å². The molecular weight excluding hydrogens is 281 g/mol. The number of amides is 1. The lowest BCUT2D eigenvalue weighted by atomic mass is 10.0. The zero-order valence-electron chi connectivity index (χ0n) is 11.8. The van der Waals surface area contributed by atoms with Crippen molar-refractivity contribution in [3.05, 3.63) is 54.2 Å². The lowest BCUT2D eigenvalue weighted by molar-refractivity contribution is 0.0951. The van der Waals surface area contributed by atoms with E-state index in [0.29, 0.717) is 12.2 Å². The van der Waals surface area contributed by atoms with Gasteiger partial charge in [-0.25, -0.2) is 4.39 Å². The van der Waals surface area contributed by atoms with Crippen LogP contribution in [0.1, 0.15) is 16.9 Å². The number of nitrogens with zero attached hydrogens (tertiary/aromatic N) is 2. The fraction of sp³-hybridized carbons (Fsp3) is 0.176. The molecular formula is C17H14FN3O. The van der Waals surface area contributed by atoms with Crippen molar-refractivity contribution in [1.29, 1.82) is 0 Å². The molecule has 1 amide bonds. The molecule has 0 radical (unpaired) electrons. The Bertz CT molecular complexity index is 870. The summed E-state index contributed by atoms with van der Waals surface area (Å²) < 4.78 is 16.0. The molecule has 110 valence electrons. The number of halogens is 1. The fourth-order valence-electron chi connectivity index (χ4n) is 3.08. The van der Waals surface area contributed by atoms with Crippen molar-refractivity contribution >= 4 is 16.8 Å². The van der Waals surface area contributed by atoms with Crippen LogP contribution in [-0.2, 0) is 6.54 Å². The molecule has 1 N–H and O–H groups in total. The predicted molar refractivity (Wildman–Crippen MR) is 82.1 cm³/mol. The SMILES string of the molecule is O=C1NCCCn2c1cc1cc(F)cc(-c3ccncc3)c12. The largest absolute Gasteiger partial charge is 0.351 e. The van der Waals surface area contributed by atoms with Crippen LogP contribution >= 0.6 is 0 Å². The number of hydrogen-bond acceptors (Lipinski definition) is 2. The highest BCUT2D eigenvalue weighted by Crippen LogP contribution is 2.32. The standard InChI is InChI=1S/C17H14FN3O/c18-13-8-12-9-15-17(22)20-4-1-7-21(15)16(12)14(10-13)11-2-5-19-6-3-11/h2-3,5-6,8-10H,1,4,7H2,(H,20,22). The first-order valence-electron chi connectivity index (χ1n) is 7.25. The van der Waals surface area contributed by atoms with Crippen molar-refractivity contribution in [1.82, 2.24) is 14.9 Å². The predicted octanol–water partition coefficient (Wildman–Crippen LogP) is 2.98. The second-order valence-electron chi connectivity index (χ2n) is 5.42. The van der Waals surface area contributed by atoms with E-state index < -0.39 is 0 Å². The van der Waals surface area contributed by atoms with Crippen LogP contribution in [-0.4, -0.2) is 22.0 Å². The number of carbonyl (C=O) groups excluding carboxylic acids is 1. The summed E-state index contributed by atoms with van der Waals surface area (Å²) in [6.45, 7) is 1.40.